The maximum absolute atomic E-state index is 13.9. The van der Waals surface area contributed by atoms with Crippen LogP contribution in [0.15, 0.2) is 42.5 Å². The first-order chi connectivity index (χ1) is 10.9. The SMILES string of the molecule is Fc1cc(-c2ccc(C(F)(F)F)cc2)cc(C2CCNCC2)c1. The van der Waals surface area contributed by atoms with E-state index in [1.807, 2.05) is 6.07 Å². The molecule has 0 amide bonds. The van der Waals surface area contributed by atoms with Crippen molar-refractivity contribution in [3.63, 3.8) is 0 Å². The molecule has 23 heavy (non-hydrogen) atoms. The van der Waals surface area contributed by atoms with Crippen LogP contribution >= 0.6 is 0 Å². The van der Waals surface area contributed by atoms with Gasteiger partial charge >= 0.3 is 6.18 Å². The molecule has 122 valence electrons. The minimum absolute atomic E-state index is 0.292. The Morgan fingerprint density at radius 1 is 0.870 bits per heavy atom. The highest BCUT2D eigenvalue weighted by Crippen LogP contribution is 2.33. The lowest BCUT2D eigenvalue weighted by Crippen LogP contribution is -2.26. The van der Waals surface area contributed by atoms with Crippen molar-refractivity contribution in [2.75, 3.05) is 13.1 Å². The van der Waals surface area contributed by atoms with Crippen LogP contribution in [0.25, 0.3) is 11.1 Å². The van der Waals surface area contributed by atoms with Crippen molar-refractivity contribution in [3.05, 3.63) is 59.4 Å². The Morgan fingerprint density at radius 2 is 1.52 bits per heavy atom. The summed E-state index contributed by atoms with van der Waals surface area (Å²) in [6.07, 6.45) is -2.48. The lowest BCUT2D eigenvalue weighted by atomic mass is 9.88. The minimum atomic E-state index is -4.36. The number of rotatable bonds is 2. The molecule has 0 bridgehead atoms. The predicted octanol–water partition coefficient (Wildman–Crippen LogP) is 4.98. The van der Waals surface area contributed by atoms with Crippen LogP contribution in [0, 0.1) is 5.82 Å². The third-order valence-electron chi connectivity index (χ3n) is 4.28. The predicted molar refractivity (Wildman–Crippen MR) is 81.7 cm³/mol. The molecule has 0 saturated carbocycles. The van der Waals surface area contributed by atoms with Gasteiger partial charge in [0, 0.05) is 0 Å². The summed E-state index contributed by atoms with van der Waals surface area (Å²) in [4.78, 5) is 0. The summed E-state index contributed by atoms with van der Waals surface area (Å²) in [5, 5.41) is 3.27. The van der Waals surface area contributed by atoms with Gasteiger partial charge in [-0.25, -0.2) is 4.39 Å². The van der Waals surface area contributed by atoms with Gasteiger partial charge in [-0.3, -0.25) is 0 Å². The van der Waals surface area contributed by atoms with Gasteiger partial charge in [-0.2, -0.15) is 13.2 Å². The van der Waals surface area contributed by atoms with Gasteiger partial charge in [0.25, 0.3) is 0 Å². The van der Waals surface area contributed by atoms with E-state index in [1.54, 1.807) is 0 Å². The number of alkyl halides is 3. The van der Waals surface area contributed by atoms with E-state index in [0.717, 1.165) is 43.6 Å². The Hall–Kier alpha value is -1.88. The quantitative estimate of drug-likeness (QED) is 0.769. The van der Waals surface area contributed by atoms with Crippen LogP contribution in [0.2, 0.25) is 0 Å². The average Bonchev–Trinajstić information content (AvgIpc) is 2.54. The van der Waals surface area contributed by atoms with E-state index in [-0.39, 0.29) is 5.82 Å². The van der Waals surface area contributed by atoms with E-state index in [1.165, 1.54) is 24.3 Å². The molecule has 0 aliphatic carbocycles. The highest BCUT2D eigenvalue weighted by atomic mass is 19.4. The molecule has 0 radical (unpaired) electrons. The van der Waals surface area contributed by atoms with Gasteiger partial charge in [0.05, 0.1) is 5.56 Å². The van der Waals surface area contributed by atoms with Crippen molar-refractivity contribution in [2.24, 2.45) is 0 Å². The number of nitrogens with one attached hydrogen (secondary N) is 1. The van der Waals surface area contributed by atoms with E-state index < -0.39 is 11.7 Å². The second kappa shape index (κ2) is 6.32. The van der Waals surface area contributed by atoms with Crippen LogP contribution in [0.3, 0.4) is 0 Å². The first kappa shape index (κ1) is 16.0. The zero-order valence-corrected chi connectivity index (χ0v) is 12.5. The smallest absolute Gasteiger partial charge is 0.317 e. The van der Waals surface area contributed by atoms with Crippen LogP contribution in [0.1, 0.15) is 29.9 Å². The molecular formula is C18H17F4N. The number of benzene rings is 2. The molecule has 1 saturated heterocycles. The lowest BCUT2D eigenvalue weighted by Gasteiger charge is -2.23. The fourth-order valence-corrected chi connectivity index (χ4v) is 3.02. The Bertz CT molecular complexity index is 670. The molecule has 5 heteroatoms. The fraction of sp³-hybridized carbons (Fsp3) is 0.333. The standard InChI is InChI=1S/C18H17F4N/c19-17-10-14(9-15(11-17)13-5-7-23-8-6-13)12-1-3-16(4-2-12)18(20,21)22/h1-4,9-11,13,23H,5-8H2. The van der Waals surface area contributed by atoms with Crippen LogP contribution in [-0.4, -0.2) is 13.1 Å². The van der Waals surface area contributed by atoms with Gasteiger partial charge in [-0.1, -0.05) is 18.2 Å². The third kappa shape index (κ3) is 3.72. The summed E-state index contributed by atoms with van der Waals surface area (Å²) in [5.41, 5.74) is 1.43. The molecule has 2 aromatic rings. The summed E-state index contributed by atoms with van der Waals surface area (Å²) in [6, 6.07) is 9.64. The lowest BCUT2D eigenvalue weighted by molar-refractivity contribution is -0.137. The van der Waals surface area contributed by atoms with E-state index in [0.29, 0.717) is 17.0 Å². The second-order valence-corrected chi connectivity index (χ2v) is 5.87. The van der Waals surface area contributed by atoms with Crippen molar-refractivity contribution < 1.29 is 17.6 Å². The van der Waals surface area contributed by atoms with Gasteiger partial charge in [0.1, 0.15) is 5.82 Å². The molecule has 1 N–H and O–H groups in total. The molecule has 0 spiro atoms. The van der Waals surface area contributed by atoms with Crippen molar-refractivity contribution in [3.8, 4) is 11.1 Å². The molecule has 1 aliphatic heterocycles. The van der Waals surface area contributed by atoms with Crippen molar-refractivity contribution in [1.82, 2.24) is 5.32 Å². The monoisotopic (exact) mass is 323 g/mol. The van der Waals surface area contributed by atoms with E-state index in [4.69, 9.17) is 0 Å². The van der Waals surface area contributed by atoms with Crippen LogP contribution in [0.5, 0.6) is 0 Å². The number of piperidine rings is 1. The Labute approximate surface area is 132 Å². The molecule has 3 rings (SSSR count). The highest BCUT2D eigenvalue weighted by Gasteiger charge is 2.30. The molecule has 1 fully saturated rings. The first-order valence-electron chi connectivity index (χ1n) is 7.62. The summed E-state index contributed by atoms with van der Waals surface area (Å²) >= 11 is 0. The normalized spacial score (nSPS) is 16.5. The number of halogens is 4. The molecule has 0 atom stereocenters. The van der Waals surface area contributed by atoms with Gasteiger partial charge in [-0.05, 0) is 72.8 Å². The van der Waals surface area contributed by atoms with Crippen LogP contribution in [0.4, 0.5) is 17.6 Å². The fourth-order valence-electron chi connectivity index (χ4n) is 3.02. The van der Waals surface area contributed by atoms with Gasteiger partial charge in [0.15, 0.2) is 0 Å². The molecule has 0 unspecified atom stereocenters. The Morgan fingerprint density at radius 3 is 2.13 bits per heavy atom. The second-order valence-electron chi connectivity index (χ2n) is 5.87. The number of hydrogen-bond acceptors (Lipinski definition) is 1. The van der Waals surface area contributed by atoms with Gasteiger partial charge in [0.2, 0.25) is 0 Å². The molecule has 1 nitrogen and oxygen atoms in total. The maximum Gasteiger partial charge on any atom is 0.416 e. The van der Waals surface area contributed by atoms with Gasteiger partial charge in [-0.15, -0.1) is 0 Å². The largest absolute Gasteiger partial charge is 0.416 e. The molecule has 1 heterocycles. The zero-order chi connectivity index (χ0) is 16.4. The first-order valence-corrected chi connectivity index (χ1v) is 7.62. The highest BCUT2D eigenvalue weighted by molar-refractivity contribution is 5.65. The van der Waals surface area contributed by atoms with Crippen LogP contribution < -0.4 is 5.32 Å². The van der Waals surface area contributed by atoms with E-state index in [9.17, 15) is 17.6 Å². The third-order valence-corrected chi connectivity index (χ3v) is 4.28. The van der Waals surface area contributed by atoms with Crippen molar-refractivity contribution in [2.45, 2.75) is 24.9 Å². The summed E-state index contributed by atoms with van der Waals surface area (Å²) in [7, 11) is 0. The molecule has 0 aromatic heterocycles. The van der Waals surface area contributed by atoms with E-state index >= 15 is 0 Å². The zero-order valence-electron chi connectivity index (χ0n) is 12.5. The molecule has 1 aliphatic rings. The maximum atomic E-state index is 13.9. The molecule has 2 aromatic carbocycles. The van der Waals surface area contributed by atoms with E-state index in [2.05, 4.69) is 5.32 Å². The van der Waals surface area contributed by atoms with Crippen molar-refractivity contribution >= 4 is 0 Å². The van der Waals surface area contributed by atoms with Crippen LogP contribution in [-0.2, 0) is 6.18 Å². The summed E-state index contributed by atoms with van der Waals surface area (Å²) in [6.45, 7) is 1.80. The van der Waals surface area contributed by atoms with Gasteiger partial charge < -0.3 is 5.32 Å². The summed E-state index contributed by atoms with van der Waals surface area (Å²) in [5.74, 6) is -0.0592. The summed E-state index contributed by atoms with van der Waals surface area (Å²) < 4.78 is 51.8. The number of hydrogen-bond donors (Lipinski definition) is 1. The molecular weight excluding hydrogens is 306 g/mol. The average molecular weight is 323 g/mol. The Balaban J connectivity index is 1.91. The van der Waals surface area contributed by atoms with Crippen molar-refractivity contribution in [1.29, 1.82) is 0 Å². The Kier molecular flexibility index (Phi) is 4.39. The topological polar surface area (TPSA) is 12.0 Å². The minimum Gasteiger partial charge on any atom is -0.317 e.